The van der Waals surface area contributed by atoms with Gasteiger partial charge in [-0.2, -0.15) is 10.2 Å². The van der Waals surface area contributed by atoms with Gasteiger partial charge >= 0.3 is 0 Å². The third-order valence-corrected chi connectivity index (χ3v) is 4.72. The molecule has 1 amide bonds. The summed E-state index contributed by atoms with van der Waals surface area (Å²) in [5.74, 6) is -1.03. The number of carbonyl (C=O) groups excluding carboxylic acids is 1. The number of aryl methyl sites for hydroxylation is 1. The van der Waals surface area contributed by atoms with E-state index in [-0.39, 0.29) is 30.4 Å². The molecule has 0 fully saturated rings. The molecule has 0 atom stereocenters. The molecule has 0 bridgehead atoms. The van der Waals surface area contributed by atoms with Crippen LogP contribution in [0.1, 0.15) is 27.3 Å². The van der Waals surface area contributed by atoms with Crippen molar-refractivity contribution in [3.8, 4) is 11.4 Å². The Morgan fingerprint density at radius 1 is 1.33 bits per heavy atom. The molecule has 27 heavy (non-hydrogen) atoms. The fourth-order valence-electron chi connectivity index (χ4n) is 3.27. The SMILES string of the molecule is Cc1cc(F)ccc1-n1cc(O)c(C(=O)N2CCn3ncc(CO)c3C2)n1. The van der Waals surface area contributed by atoms with Gasteiger partial charge in [0, 0.05) is 12.1 Å². The van der Waals surface area contributed by atoms with Crippen LogP contribution in [-0.2, 0) is 19.7 Å². The lowest BCUT2D eigenvalue weighted by atomic mass is 10.2. The number of amides is 1. The molecule has 0 aliphatic carbocycles. The number of hydrogen-bond acceptors (Lipinski definition) is 5. The van der Waals surface area contributed by atoms with Crippen LogP contribution in [-0.4, -0.2) is 47.1 Å². The van der Waals surface area contributed by atoms with Gasteiger partial charge in [-0.05, 0) is 30.7 Å². The third kappa shape index (κ3) is 2.95. The number of rotatable bonds is 3. The number of aliphatic hydroxyl groups excluding tert-OH is 1. The number of benzene rings is 1. The molecular weight excluding hydrogens is 353 g/mol. The van der Waals surface area contributed by atoms with Crippen LogP contribution in [0.2, 0.25) is 0 Å². The fraction of sp³-hybridized carbons (Fsp3) is 0.278. The number of hydrogen-bond donors (Lipinski definition) is 2. The average molecular weight is 371 g/mol. The van der Waals surface area contributed by atoms with Gasteiger partial charge in [-0.25, -0.2) is 9.07 Å². The van der Waals surface area contributed by atoms with Crippen molar-refractivity contribution >= 4 is 5.91 Å². The number of aromatic nitrogens is 4. The molecule has 0 saturated carbocycles. The van der Waals surface area contributed by atoms with Gasteiger partial charge in [-0.15, -0.1) is 0 Å². The van der Waals surface area contributed by atoms with E-state index in [1.165, 1.54) is 23.0 Å². The van der Waals surface area contributed by atoms with Gasteiger partial charge in [-0.1, -0.05) is 0 Å². The highest BCUT2D eigenvalue weighted by Crippen LogP contribution is 2.24. The zero-order chi connectivity index (χ0) is 19.1. The van der Waals surface area contributed by atoms with E-state index < -0.39 is 5.91 Å². The van der Waals surface area contributed by atoms with Gasteiger partial charge in [-0.3, -0.25) is 9.48 Å². The zero-order valence-electron chi connectivity index (χ0n) is 14.6. The molecular formula is C18H18FN5O3. The Hall–Kier alpha value is -3.20. The third-order valence-electron chi connectivity index (χ3n) is 4.72. The molecule has 0 spiro atoms. The predicted molar refractivity (Wildman–Crippen MR) is 92.8 cm³/mol. The van der Waals surface area contributed by atoms with E-state index in [0.29, 0.717) is 29.9 Å². The maximum absolute atomic E-state index is 13.3. The standard InChI is InChI=1S/C18H18FN5O3/c1-11-6-13(19)2-3-14(11)24-9-16(26)17(21-24)18(27)22-4-5-23-15(8-22)12(10-25)7-20-23/h2-3,6-7,9,25-26H,4-5,8,10H2,1H3. The van der Waals surface area contributed by atoms with E-state index in [1.54, 1.807) is 28.8 Å². The molecule has 3 aromatic rings. The molecule has 140 valence electrons. The molecule has 0 radical (unpaired) electrons. The second-order valence-electron chi connectivity index (χ2n) is 6.46. The van der Waals surface area contributed by atoms with Crippen molar-refractivity contribution in [2.45, 2.75) is 26.6 Å². The molecule has 4 rings (SSSR count). The number of halogens is 1. The summed E-state index contributed by atoms with van der Waals surface area (Å²) in [4.78, 5) is 14.4. The van der Waals surface area contributed by atoms with Crippen LogP contribution in [0.25, 0.3) is 5.69 Å². The minimum absolute atomic E-state index is 0.0720. The molecule has 1 aromatic carbocycles. The topological polar surface area (TPSA) is 96.4 Å². The van der Waals surface area contributed by atoms with E-state index in [4.69, 9.17) is 0 Å². The van der Waals surface area contributed by atoms with Crippen LogP contribution in [0, 0.1) is 12.7 Å². The Balaban J connectivity index is 1.62. The molecule has 0 unspecified atom stereocenters. The lowest BCUT2D eigenvalue weighted by Gasteiger charge is -2.27. The van der Waals surface area contributed by atoms with Crippen LogP contribution in [0.15, 0.2) is 30.6 Å². The van der Waals surface area contributed by atoms with Gasteiger partial charge in [0.25, 0.3) is 5.91 Å². The van der Waals surface area contributed by atoms with Gasteiger partial charge in [0.05, 0.1) is 43.5 Å². The Morgan fingerprint density at radius 2 is 2.15 bits per heavy atom. The highest BCUT2D eigenvalue weighted by molar-refractivity contribution is 5.94. The van der Waals surface area contributed by atoms with Crippen molar-refractivity contribution in [1.29, 1.82) is 0 Å². The minimum atomic E-state index is -0.414. The van der Waals surface area contributed by atoms with Gasteiger partial charge in [0.1, 0.15) is 5.82 Å². The summed E-state index contributed by atoms with van der Waals surface area (Å²) >= 11 is 0. The average Bonchev–Trinajstić information content (AvgIpc) is 3.23. The first kappa shape index (κ1) is 17.2. The number of nitrogens with zero attached hydrogens (tertiary/aromatic N) is 5. The Morgan fingerprint density at radius 3 is 2.89 bits per heavy atom. The lowest BCUT2D eigenvalue weighted by molar-refractivity contribution is 0.0694. The Kier molecular flexibility index (Phi) is 4.15. The highest BCUT2D eigenvalue weighted by atomic mass is 19.1. The Bertz CT molecular complexity index is 1010. The van der Waals surface area contributed by atoms with Crippen molar-refractivity contribution in [1.82, 2.24) is 24.5 Å². The first-order valence-electron chi connectivity index (χ1n) is 8.46. The van der Waals surface area contributed by atoms with E-state index in [2.05, 4.69) is 10.2 Å². The summed E-state index contributed by atoms with van der Waals surface area (Å²) in [5.41, 5.74) is 2.57. The van der Waals surface area contributed by atoms with Crippen LogP contribution in [0.5, 0.6) is 5.75 Å². The van der Waals surface area contributed by atoms with Crippen molar-refractivity contribution in [2.24, 2.45) is 0 Å². The molecule has 1 aliphatic heterocycles. The van der Waals surface area contributed by atoms with Crippen molar-refractivity contribution < 1.29 is 19.4 Å². The molecule has 2 aromatic heterocycles. The van der Waals surface area contributed by atoms with Gasteiger partial charge in [0.15, 0.2) is 11.4 Å². The molecule has 8 nitrogen and oxygen atoms in total. The number of fused-ring (bicyclic) bond motifs is 1. The normalized spacial score (nSPS) is 13.7. The van der Waals surface area contributed by atoms with Crippen molar-refractivity contribution in [3.05, 3.63) is 58.9 Å². The van der Waals surface area contributed by atoms with E-state index in [0.717, 1.165) is 5.69 Å². The van der Waals surface area contributed by atoms with E-state index >= 15 is 0 Å². The van der Waals surface area contributed by atoms with Crippen LogP contribution in [0.3, 0.4) is 0 Å². The molecule has 1 aliphatic rings. The second-order valence-corrected chi connectivity index (χ2v) is 6.46. The number of carbonyl (C=O) groups is 1. The monoisotopic (exact) mass is 371 g/mol. The molecule has 9 heteroatoms. The zero-order valence-corrected chi connectivity index (χ0v) is 14.6. The summed E-state index contributed by atoms with van der Waals surface area (Å²) in [5, 5.41) is 28.0. The van der Waals surface area contributed by atoms with Crippen LogP contribution in [0.4, 0.5) is 4.39 Å². The van der Waals surface area contributed by atoms with Gasteiger partial charge in [0.2, 0.25) is 0 Å². The molecule has 2 N–H and O–H groups in total. The number of aliphatic hydroxyl groups is 1. The van der Waals surface area contributed by atoms with Crippen LogP contribution < -0.4 is 0 Å². The first-order chi connectivity index (χ1) is 13.0. The summed E-state index contributed by atoms with van der Waals surface area (Å²) in [6.45, 7) is 2.76. The maximum Gasteiger partial charge on any atom is 0.278 e. The number of aromatic hydroxyl groups is 1. The fourth-order valence-corrected chi connectivity index (χ4v) is 3.27. The summed E-state index contributed by atoms with van der Waals surface area (Å²) in [7, 11) is 0. The molecule has 0 saturated heterocycles. The van der Waals surface area contributed by atoms with Gasteiger partial charge < -0.3 is 15.1 Å². The summed E-state index contributed by atoms with van der Waals surface area (Å²) in [6, 6.07) is 4.20. The second kappa shape index (κ2) is 6.51. The summed E-state index contributed by atoms with van der Waals surface area (Å²) < 4.78 is 16.4. The van der Waals surface area contributed by atoms with Crippen LogP contribution >= 0.6 is 0 Å². The quantitative estimate of drug-likeness (QED) is 0.725. The lowest BCUT2D eigenvalue weighted by Crippen LogP contribution is -2.39. The smallest absolute Gasteiger partial charge is 0.278 e. The first-order valence-corrected chi connectivity index (χ1v) is 8.46. The van der Waals surface area contributed by atoms with Crippen molar-refractivity contribution in [3.63, 3.8) is 0 Å². The summed E-state index contributed by atoms with van der Waals surface area (Å²) in [6.07, 6.45) is 2.92. The van der Waals surface area contributed by atoms with E-state index in [9.17, 15) is 19.4 Å². The molecule has 3 heterocycles. The largest absolute Gasteiger partial charge is 0.504 e. The maximum atomic E-state index is 13.3. The van der Waals surface area contributed by atoms with E-state index in [1.807, 2.05) is 0 Å². The highest BCUT2D eigenvalue weighted by Gasteiger charge is 2.28. The Labute approximate surface area is 154 Å². The predicted octanol–water partition coefficient (Wildman–Crippen LogP) is 1.37. The minimum Gasteiger partial charge on any atom is -0.504 e. The van der Waals surface area contributed by atoms with Crippen molar-refractivity contribution in [2.75, 3.05) is 6.54 Å².